The Morgan fingerprint density at radius 1 is 1.05 bits per heavy atom. The van der Waals surface area contributed by atoms with Gasteiger partial charge in [-0.15, -0.1) is 0 Å². The van der Waals surface area contributed by atoms with E-state index in [0.29, 0.717) is 5.02 Å². The Kier molecular flexibility index (Phi) is 4.70. The Labute approximate surface area is 128 Å². The fourth-order valence-electron chi connectivity index (χ4n) is 1.77. The Bertz CT molecular complexity index is 702. The van der Waals surface area contributed by atoms with Crippen molar-refractivity contribution in [2.45, 2.75) is 11.4 Å². The molecular weight excluding hydrogens is 317 g/mol. The monoisotopic (exact) mass is 329 g/mol. The van der Waals surface area contributed by atoms with E-state index in [1.165, 1.54) is 23.5 Å². The highest BCUT2D eigenvalue weighted by Crippen LogP contribution is 2.27. The first-order valence-corrected chi connectivity index (χ1v) is 8.06. The number of rotatable bonds is 4. The molecule has 0 aliphatic rings. The van der Waals surface area contributed by atoms with Gasteiger partial charge in [-0.3, -0.25) is 0 Å². The Hall–Kier alpha value is -1.07. The maximum atomic E-state index is 12.5. The van der Waals surface area contributed by atoms with E-state index < -0.39 is 10.0 Å². The fourth-order valence-corrected chi connectivity index (χ4v) is 3.66. The molecule has 2 aromatic carbocycles. The number of halogens is 2. The SMILES string of the molecule is CN(Cc1ccccc1)S(=O)(=O)c1cc(Cl)ccc1Cl. The minimum absolute atomic E-state index is 0.0186. The average Bonchev–Trinajstić information content (AvgIpc) is 2.42. The zero-order chi connectivity index (χ0) is 14.8. The van der Waals surface area contributed by atoms with Crippen LogP contribution < -0.4 is 0 Å². The molecule has 0 saturated heterocycles. The van der Waals surface area contributed by atoms with Crippen molar-refractivity contribution >= 4 is 33.2 Å². The first-order chi connectivity index (χ1) is 9.41. The molecule has 0 aliphatic heterocycles. The van der Waals surface area contributed by atoms with Crippen molar-refractivity contribution in [2.75, 3.05) is 7.05 Å². The quantitative estimate of drug-likeness (QED) is 0.855. The zero-order valence-electron chi connectivity index (χ0n) is 10.8. The first kappa shape index (κ1) is 15.3. The molecule has 0 unspecified atom stereocenters. The summed E-state index contributed by atoms with van der Waals surface area (Å²) in [5.41, 5.74) is 0.900. The Morgan fingerprint density at radius 2 is 1.70 bits per heavy atom. The molecule has 2 aromatic rings. The van der Waals surface area contributed by atoms with Crippen LogP contribution in [-0.4, -0.2) is 19.8 Å². The number of hydrogen-bond acceptors (Lipinski definition) is 2. The molecule has 0 atom stereocenters. The molecule has 0 saturated carbocycles. The lowest BCUT2D eigenvalue weighted by molar-refractivity contribution is 0.467. The molecule has 0 N–H and O–H groups in total. The van der Waals surface area contributed by atoms with Crippen molar-refractivity contribution < 1.29 is 8.42 Å². The van der Waals surface area contributed by atoms with Gasteiger partial charge in [-0.1, -0.05) is 53.5 Å². The third kappa shape index (κ3) is 3.33. The van der Waals surface area contributed by atoms with E-state index in [4.69, 9.17) is 23.2 Å². The van der Waals surface area contributed by atoms with Crippen LogP contribution in [0.4, 0.5) is 0 Å². The summed E-state index contributed by atoms with van der Waals surface area (Å²) >= 11 is 11.8. The maximum Gasteiger partial charge on any atom is 0.244 e. The lowest BCUT2D eigenvalue weighted by atomic mass is 10.2. The van der Waals surface area contributed by atoms with E-state index in [0.717, 1.165) is 5.56 Å². The van der Waals surface area contributed by atoms with Gasteiger partial charge in [-0.05, 0) is 23.8 Å². The highest BCUT2D eigenvalue weighted by atomic mass is 35.5. The van der Waals surface area contributed by atoms with Gasteiger partial charge in [0, 0.05) is 18.6 Å². The average molecular weight is 330 g/mol. The van der Waals surface area contributed by atoms with Crippen molar-refractivity contribution in [3.63, 3.8) is 0 Å². The summed E-state index contributed by atoms with van der Waals surface area (Å²) in [5, 5.41) is 0.496. The largest absolute Gasteiger partial charge is 0.244 e. The Morgan fingerprint density at radius 3 is 2.35 bits per heavy atom. The summed E-state index contributed by atoms with van der Waals surface area (Å²) in [4.78, 5) is 0.0186. The summed E-state index contributed by atoms with van der Waals surface area (Å²) in [6, 6.07) is 13.7. The minimum atomic E-state index is -3.67. The number of hydrogen-bond donors (Lipinski definition) is 0. The van der Waals surface area contributed by atoms with Crippen LogP contribution in [0, 0.1) is 0 Å². The maximum absolute atomic E-state index is 12.5. The van der Waals surface area contributed by atoms with Crippen LogP contribution >= 0.6 is 23.2 Å². The van der Waals surface area contributed by atoms with Crippen LogP contribution in [0.1, 0.15) is 5.56 Å². The van der Waals surface area contributed by atoms with Gasteiger partial charge in [0.05, 0.1) is 5.02 Å². The molecule has 0 radical (unpaired) electrons. The smallest absolute Gasteiger partial charge is 0.207 e. The van der Waals surface area contributed by atoms with Crippen LogP contribution in [0.5, 0.6) is 0 Å². The van der Waals surface area contributed by atoms with Gasteiger partial charge in [0.1, 0.15) is 4.90 Å². The topological polar surface area (TPSA) is 37.4 Å². The molecule has 0 heterocycles. The van der Waals surface area contributed by atoms with E-state index >= 15 is 0 Å². The molecule has 2 rings (SSSR count). The Balaban J connectivity index is 2.32. The third-order valence-corrected chi connectivity index (χ3v) is 5.35. The van der Waals surface area contributed by atoms with E-state index in [9.17, 15) is 8.42 Å². The predicted molar refractivity (Wildman–Crippen MR) is 81.6 cm³/mol. The molecule has 0 spiro atoms. The lowest BCUT2D eigenvalue weighted by Crippen LogP contribution is -2.26. The van der Waals surface area contributed by atoms with Crippen LogP contribution in [0.15, 0.2) is 53.4 Å². The normalized spacial score (nSPS) is 11.8. The summed E-state index contributed by atoms with van der Waals surface area (Å²) in [7, 11) is -2.16. The third-order valence-electron chi connectivity index (χ3n) is 2.83. The van der Waals surface area contributed by atoms with Crippen molar-refractivity contribution in [3.8, 4) is 0 Å². The van der Waals surface area contributed by atoms with Crippen molar-refractivity contribution in [3.05, 3.63) is 64.1 Å². The number of nitrogens with zero attached hydrogens (tertiary/aromatic N) is 1. The molecule has 3 nitrogen and oxygen atoms in total. The molecule has 0 aliphatic carbocycles. The summed E-state index contributed by atoms with van der Waals surface area (Å²) < 4.78 is 26.2. The highest BCUT2D eigenvalue weighted by Gasteiger charge is 2.24. The van der Waals surface area contributed by atoms with E-state index in [1.54, 1.807) is 6.07 Å². The van der Waals surface area contributed by atoms with Crippen molar-refractivity contribution in [2.24, 2.45) is 0 Å². The number of benzene rings is 2. The van der Waals surface area contributed by atoms with Crippen LogP contribution in [0.25, 0.3) is 0 Å². The predicted octanol–water partition coefficient (Wildman–Crippen LogP) is 3.81. The lowest BCUT2D eigenvalue weighted by Gasteiger charge is -2.18. The molecular formula is C14H13Cl2NO2S. The van der Waals surface area contributed by atoms with E-state index in [-0.39, 0.29) is 16.5 Å². The molecule has 6 heteroatoms. The standard InChI is InChI=1S/C14H13Cl2NO2S/c1-17(10-11-5-3-2-4-6-11)20(18,19)14-9-12(15)7-8-13(14)16/h2-9H,10H2,1H3. The highest BCUT2D eigenvalue weighted by molar-refractivity contribution is 7.89. The minimum Gasteiger partial charge on any atom is -0.207 e. The van der Waals surface area contributed by atoms with Gasteiger partial charge in [-0.2, -0.15) is 4.31 Å². The van der Waals surface area contributed by atoms with Crippen molar-refractivity contribution in [1.29, 1.82) is 0 Å². The van der Waals surface area contributed by atoms with Crippen LogP contribution in [0.3, 0.4) is 0 Å². The molecule has 0 fully saturated rings. The second-order valence-electron chi connectivity index (χ2n) is 4.32. The molecule has 0 aromatic heterocycles. The molecule has 20 heavy (non-hydrogen) atoms. The van der Waals surface area contributed by atoms with Gasteiger partial charge >= 0.3 is 0 Å². The van der Waals surface area contributed by atoms with Gasteiger partial charge in [0.15, 0.2) is 0 Å². The first-order valence-electron chi connectivity index (χ1n) is 5.86. The van der Waals surface area contributed by atoms with Crippen LogP contribution in [0.2, 0.25) is 10.0 Å². The van der Waals surface area contributed by atoms with Gasteiger partial charge in [0.2, 0.25) is 10.0 Å². The fraction of sp³-hybridized carbons (Fsp3) is 0.143. The molecule has 106 valence electrons. The summed E-state index contributed by atoms with van der Waals surface area (Å²) in [6.07, 6.45) is 0. The molecule has 0 amide bonds. The van der Waals surface area contributed by atoms with Gasteiger partial charge < -0.3 is 0 Å². The van der Waals surface area contributed by atoms with Crippen molar-refractivity contribution in [1.82, 2.24) is 4.31 Å². The van der Waals surface area contributed by atoms with Gasteiger partial charge in [0.25, 0.3) is 0 Å². The number of sulfonamides is 1. The van der Waals surface area contributed by atoms with E-state index in [2.05, 4.69) is 0 Å². The second-order valence-corrected chi connectivity index (χ2v) is 7.18. The van der Waals surface area contributed by atoms with E-state index in [1.807, 2.05) is 30.3 Å². The molecule has 0 bridgehead atoms. The summed E-state index contributed by atoms with van der Waals surface area (Å²) in [6.45, 7) is 0.270. The second kappa shape index (κ2) is 6.14. The van der Waals surface area contributed by atoms with Gasteiger partial charge in [-0.25, -0.2) is 8.42 Å². The summed E-state index contributed by atoms with van der Waals surface area (Å²) in [5.74, 6) is 0. The zero-order valence-corrected chi connectivity index (χ0v) is 13.1. The van der Waals surface area contributed by atoms with Crippen LogP contribution in [-0.2, 0) is 16.6 Å².